The molecule has 14 nitrogen and oxygen atoms in total. The van der Waals surface area contributed by atoms with Gasteiger partial charge in [0.1, 0.15) is 5.56 Å². The number of sulfonamides is 1. The lowest BCUT2D eigenvalue weighted by molar-refractivity contribution is 0.0596. The number of hydrogen-bond acceptors (Lipinski definition) is 11. The Morgan fingerprint density at radius 1 is 1.06 bits per heavy atom. The molecule has 0 aliphatic rings. The van der Waals surface area contributed by atoms with Crippen LogP contribution in [0.1, 0.15) is 10.4 Å². The number of nitrogens with one attached hydrogen (secondary N) is 2. The molecular formula is C17H17N7O7S. The van der Waals surface area contributed by atoms with Crippen molar-refractivity contribution in [3.05, 3.63) is 42.2 Å². The Hall–Kier alpha value is -4.27. The molecule has 0 saturated carbocycles. The third-order valence-electron chi connectivity index (χ3n) is 3.80. The molecule has 0 saturated heterocycles. The topological polar surface area (TPSA) is 177 Å². The minimum absolute atomic E-state index is 0.0659. The highest BCUT2D eigenvalue weighted by atomic mass is 32.2. The van der Waals surface area contributed by atoms with Crippen LogP contribution >= 0.6 is 0 Å². The first-order valence-electron chi connectivity index (χ1n) is 8.67. The first-order valence-corrected chi connectivity index (χ1v) is 10.2. The molecule has 0 bridgehead atoms. The van der Waals surface area contributed by atoms with Crippen molar-refractivity contribution in [1.29, 1.82) is 0 Å². The van der Waals surface area contributed by atoms with Crippen molar-refractivity contribution < 1.29 is 32.2 Å². The van der Waals surface area contributed by atoms with Gasteiger partial charge in [0, 0.05) is 6.20 Å². The van der Waals surface area contributed by atoms with Crippen LogP contribution in [-0.4, -0.2) is 66.5 Å². The number of carbonyl (C=O) groups excluding carboxylic acids is 2. The number of aromatic nitrogens is 5. The molecule has 0 aromatic carbocycles. The second-order valence-corrected chi connectivity index (χ2v) is 7.39. The van der Waals surface area contributed by atoms with Crippen LogP contribution in [-0.2, 0) is 14.8 Å². The van der Waals surface area contributed by atoms with Crippen LogP contribution < -0.4 is 19.5 Å². The van der Waals surface area contributed by atoms with Crippen molar-refractivity contribution in [2.24, 2.45) is 0 Å². The fourth-order valence-corrected chi connectivity index (χ4v) is 3.64. The molecule has 15 heteroatoms. The molecule has 0 radical (unpaired) electrons. The number of methoxy groups -OCH3 is 3. The number of ether oxygens (including phenoxy) is 3. The summed E-state index contributed by atoms with van der Waals surface area (Å²) in [4.78, 5) is 36.3. The van der Waals surface area contributed by atoms with E-state index in [9.17, 15) is 18.0 Å². The van der Waals surface area contributed by atoms with Gasteiger partial charge in [0.2, 0.25) is 17.7 Å². The number of esters is 1. The molecule has 0 aliphatic carbocycles. The highest BCUT2D eigenvalue weighted by Crippen LogP contribution is 2.21. The fraction of sp³-hybridized carbons (Fsp3) is 0.176. The van der Waals surface area contributed by atoms with Gasteiger partial charge in [-0.05, 0) is 12.1 Å². The first kappa shape index (κ1) is 22.4. The first-order chi connectivity index (χ1) is 15.3. The highest BCUT2D eigenvalue weighted by molar-refractivity contribution is 7.90. The van der Waals surface area contributed by atoms with E-state index in [1.165, 1.54) is 32.5 Å². The van der Waals surface area contributed by atoms with Crippen molar-refractivity contribution in [2.75, 3.05) is 26.6 Å². The number of anilines is 1. The zero-order chi connectivity index (χ0) is 23.3. The van der Waals surface area contributed by atoms with E-state index in [2.05, 4.69) is 30.1 Å². The molecule has 0 spiro atoms. The van der Waals surface area contributed by atoms with Crippen LogP contribution in [0.15, 0.2) is 41.7 Å². The Morgan fingerprint density at radius 2 is 1.75 bits per heavy atom. The molecule has 3 heterocycles. The number of amides is 2. The van der Waals surface area contributed by atoms with Gasteiger partial charge in [-0.15, -0.1) is 0 Å². The van der Waals surface area contributed by atoms with E-state index >= 15 is 0 Å². The van der Waals surface area contributed by atoms with Crippen LogP contribution in [0.5, 0.6) is 11.8 Å². The summed E-state index contributed by atoms with van der Waals surface area (Å²) in [5.74, 6) is -1.05. The third-order valence-corrected chi connectivity index (χ3v) is 5.16. The van der Waals surface area contributed by atoms with Crippen LogP contribution in [0.4, 0.5) is 10.7 Å². The zero-order valence-electron chi connectivity index (χ0n) is 17.0. The third kappa shape index (κ3) is 4.72. The van der Waals surface area contributed by atoms with E-state index in [0.29, 0.717) is 0 Å². The smallest absolute Gasteiger partial charge is 0.342 e. The molecule has 0 fully saturated rings. The average Bonchev–Trinajstić information content (AvgIpc) is 3.24. The summed E-state index contributed by atoms with van der Waals surface area (Å²) in [5, 5.41) is 5.41. The molecule has 3 aromatic heterocycles. The lowest BCUT2D eigenvalue weighted by Gasteiger charge is -2.11. The maximum atomic E-state index is 13.0. The van der Waals surface area contributed by atoms with Crippen LogP contribution in [0.3, 0.4) is 0 Å². The van der Waals surface area contributed by atoms with E-state index in [4.69, 9.17) is 9.47 Å². The maximum Gasteiger partial charge on any atom is 0.342 e. The van der Waals surface area contributed by atoms with E-state index in [1.807, 2.05) is 0 Å². The quantitative estimate of drug-likeness (QED) is 0.463. The Morgan fingerprint density at radius 3 is 2.31 bits per heavy atom. The summed E-state index contributed by atoms with van der Waals surface area (Å²) in [6, 6.07) is 4.80. The number of hydrogen-bond donors (Lipinski definition) is 2. The Kier molecular flexibility index (Phi) is 6.48. The van der Waals surface area contributed by atoms with E-state index < -0.39 is 32.6 Å². The van der Waals surface area contributed by atoms with Crippen molar-refractivity contribution in [2.45, 2.75) is 5.03 Å². The molecule has 3 aromatic rings. The van der Waals surface area contributed by atoms with E-state index in [1.54, 1.807) is 16.9 Å². The van der Waals surface area contributed by atoms with Gasteiger partial charge in [-0.3, -0.25) is 5.32 Å². The second kappa shape index (κ2) is 9.25. The minimum Gasteiger partial charge on any atom is -0.481 e. The maximum absolute atomic E-state index is 13.0. The second-order valence-electron chi connectivity index (χ2n) is 5.79. The van der Waals surface area contributed by atoms with Crippen LogP contribution in [0, 0.1) is 0 Å². The monoisotopic (exact) mass is 463 g/mol. The molecule has 2 N–H and O–H groups in total. The fourth-order valence-electron chi connectivity index (χ4n) is 2.45. The SMILES string of the molecule is COC(=O)c1cnn(-c2ccccn2)c1S(=O)(=O)NC(=O)Nc1nc(OC)cc(OC)n1. The normalized spacial score (nSPS) is 10.8. The summed E-state index contributed by atoms with van der Waals surface area (Å²) in [5.41, 5.74) is -0.405. The molecular weight excluding hydrogens is 446 g/mol. The molecule has 168 valence electrons. The molecule has 3 rings (SSSR count). The molecule has 0 aliphatic heterocycles. The van der Waals surface area contributed by atoms with Gasteiger partial charge in [-0.2, -0.15) is 23.5 Å². The predicted molar refractivity (Wildman–Crippen MR) is 107 cm³/mol. The summed E-state index contributed by atoms with van der Waals surface area (Å²) in [7, 11) is -0.906. The van der Waals surface area contributed by atoms with Gasteiger partial charge in [0.05, 0.1) is 33.6 Å². The molecule has 0 unspecified atom stereocenters. The minimum atomic E-state index is -4.65. The molecule has 32 heavy (non-hydrogen) atoms. The van der Waals surface area contributed by atoms with Crippen LogP contribution in [0.25, 0.3) is 5.82 Å². The van der Waals surface area contributed by atoms with E-state index in [-0.39, 0.29) is 23.5 Å². The average molecular weight is 463 g/mol. The Balaban J connectivity index is 1.95. The number of urea groups is 1. The number of carbonyl (C=O) groups is 2. The summed E-state index contributed by atoms with van der Waals surface area (Å²) in [6.07, 6.45) is 2.39. The molecule has 2 amide bonds. The van der Waals surface area contributed by atoms with Gasteiger partial charge in [-0.25, -0.2) is 24.0 Å². The van der Waals surface area contributed by atoms with Crippen molar-refractivity contribution in [1.82, 2.24) is 29.5 Å². The Labute approximate surface area is 181 Å². The number of rotatable bonds is 7. The van der Waals surface area contributed by atoms with Crippen molar-refractivity contribution >= 4 is 28.0 Å². The van der Waals surface area contributed by atoms with Crippen LogP contribution in [0.2, 0.25) is 0 Å². The Bertz CT molecular complexity index is 1220. The van der Waals surface area contributed by atoms with Gasteiger partial charge in [0.15, 0.2) is 10.8 Å². The van der Waals surface area contributed by atoms with Gasteiger partial charge >= 0.3 is 12.0 Å². The molecule has 0 atom stereocenters. The van der Waals surface area contributed by atoms with Gasteiger partial charge in [0.25, 0.3) is 10.0 Å². The number of nitrogens with zero attached hydrogens (tertiary/aromatic N) is 5. The van der Waals surface area contributed by atoms with Gasteiger partial charge < -0.3 is 14.2 Å². The summed E-state index contributed by atoms with van der Waals surface area (Å²) < 4.78 is 43.2. The zero-order valence-corrected chi connectivity index (χ0v) is 17.8. The standard InChI is InChI=1S/C17H17N7O7S/c1-29-12-8-13(30-2)21-16(20-12)22-17(26)23-32(27,28)14-10(15(25)31-3)9-19-24(14)11-6-4-5-7-18-11/h4-9H,1-3H3,(H2,20,21,22,23,26). The lowest BCUT2D eigenvalue weighted by atomic mass is 10.4. The summed E-state index contributed by atoms with van der Waals surface area (Å²) >= 11 is 0. The van der Waals surface area contributed by atoms with E-state index in [0.717, 1.165) is 18.0 Å². The largest absolute Gasteiger partial charge is 0.481 e. The highest BCUT2D eigenvalue weighted by Gasteiger charge is 2.32. The summed E-state index contributed by atoms with van der Waals surface area (Å²) in [6.45, 7) is 0. The van der Waals surface area contributed by atoms with Gasteiger partial charge in [-0.1, -0.05) is 6.07 Å². The number of pyridine rings is 1. The predicted octanol–water partition coefficient (Wildman–Crippen LogP) is 0.371. The lowest BCUT2D eigenvalue weighted by Crippen LogP contribution is -2.36. The van der Waals surface area contributed by atoms with Crippen molar-refractivity contribution in [3.8, 4) is 17.6 Å². The van der Waals surface area contributed by atoms with Crippen molar-refractivity contribution in [3.63, 3.8) is 0 Å².